The number of benzene rings is 7. The van der Waals surface area contributed by atoms with Crippen LogP contribution < -0.4 is 4.90 Å². The fourth-order valence-corrected chi connectivity index (χ4v) is 5.93. The van der Waals surface area contributed by atoms with E-state index in [-0.39, 0.29) is 0 Å². The molecule has 0 bridgehead atoms. The van der Waals surface area contributed by atoms with Crippen molar-refractivity contribution in [2.45, 2.75) is 0 Å². The summed E-state index contributed by atoms with van der Waals surface area (Å²) in [5.74, 6) is 0. The summed E-state index contributed by atoms with van der Waals surface area (Å²) in [6.45, 7) is 0. The number of para-hydroxylation sites is 1. The summed E-state index contributed by atoms with van der Waals surface area (Å²) < 4.78 is 0. The van der Waals surface area contributed by atoms with Gasteiger partial charge in [-0.1, -0.05) is 164 Å². The van der Waals surface area contributed by atoms with E-state index in [9.17, 15) is 0 Å². The Morgan fingerprint density at radius 2 is 0.532 bits per heavy atom. The molecule has 0 aromatic heterocycles. The fourth-order valence-electron chi connectivity index (χ4n) is 5.93. The Labute approximate surface area is 278 Å². The molecule has 224 valence electrons. The molecule has 0 aliphatic rings. The van der Waals surface area contributed by atoms with Gasteiger partial charge in [0.1, 0.15) is 0 Å². The number of hydrogen-bond acceptors (Lipinski definition) is 1. The SMILES string of the molecule is C(=C(c1ccccc1)c1ccccc1)c1ccc(N(c2ccccc2)c2ccc(C=C(c3ccccc3)c3ccccc3)cc2)cc1. The number of anilines is 3. The van der Waals surface area contributed by atoms with Crippen LogP contribution in [0.3, 0.4) is 0 Å². The molecule has 0 atom stereocenters. The highest BCUT2D eigenvalue weighted by atomic mass is 15.1. The zero-order valence-electron chi connectivity index (χ0n) is 26.2. The van der Waals surface area contributed by atoms with E-state index in [2.05, 4.69) is 217 Å². The lowest BCUT2D eigenvalue weighted by molar-refractivity contribution is 1.28. The van der Waals surface area contributed by atoms with Gasteiger partial charge in [0.2, 0.25) is 0 Å². The van der Waals surface area contributed by atoms with Crippen LogP contribution in [0.1, 0.15) is 33.4 Å². The van der Waals surface area contributed by atoms with E-state index < -0.39 is 0 Å². The van der Waals surface area contributed by atoms with Crippen LogP contribution in [-0.4, -0.2) is 0 Å². The Balaban J connectivity index is 1.23. The Bertz CT molecular complexity index is 1840. The minimum Gasteiger partial charge on any atom is -0.311 e. The van der Waals surface area contributed by atoms with E-state index in [1.54, 1.807) is 0 Å². The minimum absolute atomic E-state index is 1.10. The molecule has 47 heavy (non-hydrogen) atoms. The average Bonchev–Trinajstić information content (AvgIpc) is 3.16. The summed E-state index contributed by atoms with van der Waals surface area (Å²) in [5, 5.41) is 0. The predicted octanol–water partition coefficient (Wildman–Crippen LogP) is 12.3. The van der Waals surface area contributed by atoms with Gasteiger partial charge in [-0.25, -0.2) is 0 Å². The third kappa shape index (κ3) is 7.06. The van der Waals surface area contributed by atoms with Gasteiger partial charge < -0.3 is 4.90 Å². The second kappa shape index (κ2) is 14.3. The van der Waals surface area contributed by atoms with E-state index in [1.165, 1.54) is 33.4 Å². The van der Waals surface area contributed by atoms with Gasteiger partial charge in [-0.2, -0.15) is 0 Å². The number of nitrogens with zero attached hydrogens (tertiary/aromatic N) is 1. The topological polar surface area (TPSA) is 3.24 Å². The molecule has 7 aromatic rings. The van der Waals surface area contributed by atoms with Crippen molar-refractivity contribution in [3.8, 4) is 0 Å². The molecular formula is C46H35N. The van der Waals surface area contributed by atoms with Crippen molar-refractivity contribution in [2.75, 3.05) is 4.90 Å². The first-order chi connectivity index (χ1) is 23.3. The van der Waals surface area contributed by atoms with Crippen LogP contribution in [0.15, 0.2) is 200 Å². The van der Waals surface area contributed by atoms with Crippen molar-refractivity contribution >= 4 is 40.4 Å². The Hall–Kier alpha value is -6.18. The quantitative estimate of drug-likeness (QED) is 0.149. The smallest absolute Gasteiger partial charge is 0.0462 e. The van der Waals surface area contributed by atoms with E-state index in [0.29, 0.717) is 0 Å². The van der Waals surface area contributed by atoms with E-state index in [4.69, 9.17) is 0 Å². The van der Waals surface area contributed by atoms with Gasteiger partial charge in [-0.05, 0) is 93.1 Å². The lowest BCUT2D eigenvalue weighted by Gasteiger charge is -2.25. The molecular weight excluding hydrogens is 567 g/mol. The molecule has 0 aliphatic heterocycles. The van der Waals surface area contributed by atoms with E-state index in [1.807, 2.05) is 0 Å². The molecule has 0 aliphatic carbocycles. The maximum absolute atomic E-state index is 2.31. The van der Waals surface area contributed by atoms with Crippen LogP contribution in [0.2, 0.25) is 0 Å². The summed E-state index contributed by atoms with van der Waals surface area (Å²) in [4.78, 5) is 2.31. The summed E-state index contributed by atoms with van der Waals surface area (Å²) in [6, 6.07) is 70.6. The van der Waals surface area contributed by atoms with Crippen molar-refractivity contribution in [1.82, 2.24) is 0 Å². The molecule has 7 aromatic carbocycles. The van der Waals surface area contributed by atoms with Crippen molar-refractivity contribution in [3.63, 3.8) is 0 Å². The van der Waals surface area contributed by atoms with Crippen LogP contribution in [0.5, 0.6) is 0 Å². The summed E-state index contributed by atoms with van der Waals surface area (Å²) in [7, 11) is 0. The van der Waals surface area contributed by atoms with Crippen molar-refractivity contribution < 1.29 is 0 Å². The van der Waals surface area contributed by atoms with Gasteiger partial charge in [-0.3, -0.25) is 0 Å². The Kier molecular flexibility index (Phi) is 8.97. The third-order valence-corrected chi connectivity index (χ3v) is 8.28. The number of hydrogen-bond donors (Lipinski definition) is 0. The molecule has 0 saturated heterocycles. The standard InChI is InChI=1S/C46H35N/c1-6-16-38(17-7-1)45(39-18-8-2-9-19-39)34-36-26-30-43(31-27-36)47(42-24-14-5-15-25-42)44-32-28-37(29-33-44)35-46(40-20-10-3-11-21-40)41-22-12-4-13-23-41/h1-35H. The molecule has 1 heteroatoms. The van der Waals surface area contributed by atoms with Gasteiger partial charge in [0.15, 0.2) is 0 Å². The Morgan fingerprint density at radius 1 is 0.277 bits per heavy atom. The first kappa shape index (κ1) is 29.5. The molecule has 0 radical (unpaired) electrons. The maximum Gasteiger partial charge on any atom is 0.0462 e. The second-order valence-corrected chi connectivity index (χ2v) is 11.4. The molecule has 0 amide bonds. The van der Waals surface area contributed by atoms with Gasteiger partial charge >= 0.3 is 0 Å². The highest BCUT2D eigenvalue weighted by molar-refractivity contribution is 5.93. The van der Waals surface area contributed by atoms with Crippen molar-refractivity contribution in [3.05, 3.63) is 234 Å². The molecule has 7 rings (SSSR count). The first-order valence-corrected chi connectivity index (χ1v) is 16.0. The predicted molar refractivity (Wildman–Crippen MR) is 201 cm³/mol. The lowest BCUT2D eigenvalue weighted by Crippen LogP contribution is -2.09. The summed E-state index contributed by atoms with van der Waals surface area (Å²) in [5.41, 5.74) is 12.8. The van der Waals surface area contributed by atoms with Crippen LogP contribution in [0, 0.1) is 0 Å². The molecule has 0 saturated carbocycles. The summed E-state index contributed by atoms with van der Waals surface area (Å²) in [6.07, 6.45) is 4.55. The molecule has 0 N–H and O–H groups in total. The maximum atomic E-state index is 2.31. The molecule has 0 heterocycles. The van der Waals surface area contributed by atoms with Gasteiger partial charge in [0.25, 0.3) is 0 Å². The van der Waals surface area contributed by atoms with Crippen LogP contribution in [-0.2, 0) is 0 Å². The van der Waals surface area contributed by atoms with Gasteiger partial charge in [0, 0.05) is 17.1 Å². The minimum atomic E-state index is 1.10. The lowest BCUT2D eigenvalue weighted by atomic mass is 9.95. The van der Waals surface area contributed by atoms with Crippen LogP contribution in [0.4, 0.5) is 17.1 Å². The first-order valence-electron chi connectivity index (χ1n) is 16.0. The molecule has 0 spiro atoms. The second-order valence-electron chi connectivity index (χ2n) is 11.4. The average molecular weight is 602 g/mol. The fraction of sp³-hybridized carbons (Fsp3) is 0. The highest BCUT2D eigenvalue weighted by Gasteiger charge is 2.13. The molecule has 0 unspecified atom stereocenters. The largest absolute Gasteiger partial charge is 0.311 e. The van der Waals surface area contributed by atoms with Crippen molar-refractivity contribution in [1.29, 1.82) is 0 Å². The normalized spacial score (nSPS) is 10.6. The number of rotatable bonds is 9. The van der Waals surface area contributed by atoms with E-state index in [0.717, 1.165) is 28.2 Å². The molecule has 1 nitrogen and oxygen atoms in total. The van der Waals surface area contributed by atoms with Gasteiger partial charge in [-0.15, -0.1) is 0 Å². The van der Waals surface area contributed by atoms with E-state index >= 15 is 0 Å². The monoisotopic (exact) mass is 601 g/mol. The molecule has 0 fully saturated rings. The van der Waals surface area contributed by atoms with Gasteiger partial charge in [0.05, 0.1) is 0 Å². The third-order valence-electron chi connectivity index (χ3n) is 8.28. The van der Waals surface area contributed by atoms with Crippen LogP contribution in [0.25, 0.3) is 23.3 Å². The van der Waals surface area contributed by atoms with Crippen LogP contribution >= 0.6 is 0 Å². The summed E-state index contributed by atoms with van der Waals surface area (Å²) >= 11 is 0. The zero-order valence-corrected chi connectivity index (χ0v) is 26.2. The van der Waals surface area contributed by atoms with Crippen molar-refractivity contribution in [2.24, 2.45) is 0 Å². The highest BCUT2D eigenvalue weighted by Crippen LogP contribution is 2.36. The Morgan fingerprint density at radius 3 is 0.830 bits per heavy atom. The zero-order chi connectivity index (χ0) is 31.7.